The molecule has 2 heterocycles. The maximum atomic E-state index is 8.80. The van der Waals surface area contributed by atoms with Crippen molar-refractivity contribution in [1.82, 2.24) is 14.7 Å². The van der Waals surface area contributed by atoms with Gasteiger partial charge in [-0.05, 0) is 19.8 Å². The van der Waals surface area contributed by atoms with Crippen molar-refractivity contribution in [2.24, 2.45) is 0 Å². The number of aliphatic hydroxyl groups is 1. The van der Waals surface area contributed by atoms with Crippen molar-refractivity contribution in [2.45, 2.75) is 32.4 Å². The highest BCUT2D eigenvalue weighted by molar-refractivity contribution is 7.15. The lowest BCUT2D eigenvalue weighted by atomic mass is 10.2. The van der Waals surface area contributed by atoms with Gasteiger partial charge in [0.05, 0.1) is 7.11 Å². The predicted octanol–water partition coefficient (Wildman–Crippen LogP) is 1.66. The summed E-state index contributed by atoms with van der Waals surface area (Å²) in [4.78, 5) is 5.36. The van der Waals surface area contributed by atoms with Crippen LogP contribution in [0.25, 0.3) is 4.96 Å². The van der Waals surface area contributed by atoms with Gasteiger partial charge in [0.2, 0.25) is 5.88 Å². The third kappa shape index (κ3) is 2.82. The first-order valence-electron chi connectivity index (χ1n) is 6.09. The number of hydrogen-bond acceptors (Lipinski definition) is 5. The molecule has 1 atom stereocenters. The zero-order valence-electron chi connectivity index (χ0n) is 10.7. The summed E-state index contributed by atoms with van der Waals surface area (Å²) in [6.45, 7) is 3.08. The molecule has 0 saturated heterocycles. The second kappa shape index (κ2) is 6.17. The first kappa shape index (κ1) is 13.3. The average Bonchev–Trinajstić information content (AvgIpc) is 2.94. The van der Waals surface area contributed by atoms with Crippen LogP contribution in [-0.2, 0) is 6.54 Å². The van der Waals surface area contributed by atoms with Crippen LogP contribution < -0.4 is 10.1 Å². The minimum atomic E-state index is 0.247. The van der Waals surface area contributed by atoms with Gasteiger partial charge < -0.3 is 15.2 Å². The monoisotopic (exact) mass is 269 g/mol. The standard InChI is InChI=1S/C12H19N3O2S/c1-9(4-3-6-16)13-8-10-11(17-2)14-12-15(10)5-7-18-12/h5,7,9,13,16H,3-4,6,8H2,1-2H3. The first-order chi connectivity index (χ1) is 8.76. The van der Waals surface area contributed by atoms with Crippen LogP contribution in [0.2, 0.25) is 0 Å². The molecular formula is C12H19N3O2S. The molecule has 0 aliphatic carbocycles. The molecule has 0 aliphatic rings. The fourth-order valence-corrected chi connectivity index (χ4v) is 2.63. The van der Waals surface area contributed by atoms with E-state index in [1.54, 1.807) is 18.4 Å². The second-order valence-electron chi connectivity index (χ2n) is 4.27. The number of aromatic nitrogens is 2. The van der Waals surface area contributed by atoms with E-state index in [2.05, 4.69) is 21.6 Å². The Balaban J connectivity index is 2.03. The van der Waals surface area contributed by atoms with Crippen molar-refractivity contribution in [3.8, 4) is 5.88 Å². The van der Waals surface area contributed by atoms with E-state index in [0.29, 0.717) is 18.5 Å². The Morgan fingerprint density at radius 3 is 3.17 bits per heavy atom. The SMILES string of the molecule is COc1nc2sccn2c1CNC(C)CCCO. The summed E-state index contributed by atoms with van der Waals surface area (Å²) >= 11 is 1.60. The largest absolute Gasteiger partial charge is 0.480 e. The Labute approximate surface area is 110 Å². The predicted molar refractivity (Wildman–Crippen MR) is 72.2 cm³/mol. The summed E-state index contributed by atoms with van der Waals surface area (Å²) in [5.41, 5.74) is 1.05. The number of ether oxygens (including phenoxy) is 1. The van der Waals surface area contributed by atoms with E-state index in [1.165, 1.54) is 0 Å². The number of nitrogens with zero attached hydrogens (tertiary/aromatic N) is 2. The van der Waals surface area contributed by atoms with Crippen molar-refractivity contribution in [1.29, 1.82) is 0 Å². The van der Waals surface area contributed by atoms with Crippen molar-refractivity contribution in [3.05, 3.63) is 17.3 Å². The lowest BCUT2D eigenvalue weighted by Crippen LogP contribution is -2.26. The molecule has 5 nitrogen and oxygen atoms in total. The van der Waals surface area contributed by atoms with Crippen molar-refractivity contribution < 1.29 is 9.84 Å². The molecule has 0 aromatic carbocycles. The van der Waals surface area contributed by atoms with Gasteiger partial charge in [-0.25, -0.2) is 0 Å². The van der Waals surface area contributed by atoms with Crippen LogP contribution in [0.15, 0.2) is 11.6 Å². The summed E-state index contributed by atoms with van der Waals surface area (Å²) < 4.78 is 7.35. The van der Waals surface area contributed by atoms with Crippen molar-refractivity contribution in [2.75, 3.05) is 13.7 Å². The van der Waals surface area contributed by atoms with E-state index in [1.807, 2.05) is 11.6 Å². The van der Waals surface area contributed by atoms with Gasteiger partial charge in [0, 0.05) is 30.8 Å². The molecule has 0 aliphatic heterocycles. The topological polar surface area (TPSA) is 58.8 Å². The van der Waals surface area contributed by atoms with Crippen LogP contribution in [0.3, 0.4) is 0 Å². The molecule has 2 aromatic rings. The fraction of sp³-hybridized carbons (Fsp3) is 0.583. The maximum absolute atomic E-state index is 8.80. The van der Waals surface area contributed by atoms with Gasteiger partial charge in [-0.2, -0.15) is 4.98 Å². The Hall–Kier alpha value is -1.11. The molecule has 2 rings (SSSR count). The number of aliphatic hydroxyl groups excluding tert-OH is 1. The summed E-state index contributed by atoms with van der Waals surface area (Å²) in [6, 6.07) is 0.367. The fourth-order valence-electron chi connectivity index (χ4n) is 1.91. The number of nitrogens with one attached hydrogen (secondary N) is 1. The zero-order chi connectivity index (χ0) is 13.0. The Bertz CT molecular complexity index is 494. The van der Waals surface area contributed by atoms with Gasteiger partial charge in [-0.3, -0.25) is 4.40 Å². The highest BCUT2D eigenvalue weighted by Gasteiger charge is 2.14. The normalized spacial score (nSPS) is 13.1. The van der Waals surface area contributed by atoms with E-state index in [0.717, 1.165) is 23.5 Å². The summed E-state index contributed by atoms with van der Waals surface area (Å²) in [5, 5.41) is 14.2. The van der Waals surface area contributed by atoms with Crippen LogP contribution in [0.1, 0.15) is 25.5 Å². The molecule has 0 amide bonds. The number of hydrogen-bond donors (Lipinski definition) is 2. The maximum Gasteiger partial charge on any atom is 0.237 e. The van der Waals surface area contributed by atoms with Gasteiger partial charge >= 0.3 is 0 Å². The number of imidazole rings is 1. The highest BCUT2D eigenvalue weighted by Crippen LogP contribution is 2.22. The first-order valence-corrected chi connectivity index (χ1v) is 6.97. The third-order valence-electron chi connectivity index (χ3n) is 2.93. The van der Waals surface area contributed by atoms with E-state index in [-0.39, 0.29) is 6.61 Å². The number of methoxy groups -OCH3 is 1. The Kier molecular flexibility index (Phi) is 4.57. The van der Waals surface area contributed by atoms with E-state index in [9.17, 15) is 0 Å². The van der Waals surface area contributed by atoms with E-state index in [4.69, 9.17) is 9.84 Å². The smallest absolute Gasteiger partial charge is 0.237 e. The minimum Gasteiger partial charge on any atom is -0.480 e. The summed E-state index contributed by atoms with van der Waals surface area (Å²) in [6.07, 6.45) is 3.79. The van der Waals surface area contributed by atoms with Gasteiger partial charge in [0.1, 0.15) is 5.69 Å². The van der Waals surface area contributed by atoms with Crippen LogP contribution in [0.4, 0.5) is 0 Å². The molecule has 2 aromatic heterocycles. The molecule has 0 fully saturated rings. The molecule has 0 spiro atoms. The van der Waals surface area contributed by atoms with Gasteiger partial charge in [0.15, 0.2) is 4.96 Å². The van der Waals surface area contributed by atoms with Gasteiger partial charge in [0.25, 0.3) is 0 Å². The summed E-state index contributed by atoms with van der Waals surface area (Å²) in [5.74, 6) is 0.684. The third-order valence-corrected chi connectivity index (χ3v) is 3.69. The number of fused-ring (bicyclic) bond motifs is 1. The number of thiazole rings is 1. The Morgan fingerprint density at radius 1 is 1.61 bits per heavy atom. The minimum absolute atomic E-state index is 0.247. The van der Waals surface area contributed by atoms with Gasteiger partial charge in [-0.1, -0.05) is 0 Å². The molecular weight excluding hydrogens is 250 g/mol. The van der Waals surface area contributed by atoms with E-state index >= 15 is 0 Å². The molecule has 2 N–H and O–H groups in total. The Morgan fingerprint density at radius 2 is 2.44 bits per heavy atom. The van der Waals surface area contributed by atoms with E-state index < -0.39 is 0 Å². The zero-order valence-corrected chi connectivity index (χ0v) is 11.5. The quantitative estimate of drug-likeness (QED) is 0.802. The molecule has 0 bridgehead atoms. The summed E-state index contributed by atoms with van der Waals surface area (Å²) in [7, 11) is 1.64. The lowest BCUT2D eigenvalue weighted by molar-refractivity contribution is 0.276. The molecule has 0 saturated carbocycles. The average molecular weight is 269 g/mol. The van der Waals surface area contributed by atoms with Crippen LogP contribution in [-0.4, -0.2) is 34.2 Å². The molecule has 100 valence electrons. The molecule has 18 heavy (non-hydrogen) atoms. The van der Waals surface area contributed by atoms with Crippen LogP contribution in [0, 0.1) is 0 Å². The second-order valence-corrected chi connectivity index (χ2v) is 5.14. The van der Waals surface area contributed by atoms with Crippen molar-refractivity contribution >= 4 is 16.3 Å². The lowest BCUT2D eigenvalue weighted by Gasteiger charge is -2.13. The van der Waals surface area contributed by atoms with Crippen LogP contribution in [0.5, 0.6) is 5.88 Å². The number of rotatable bonds is 7. The highest BCUT2D eigenvalue weighted by atomic mass is 32.1. The molecule has 0 radical (unpaired) electrons. The molecule has 6 heteroatoms. The van der Waals surface area contributed by atoms with Crippen LogP contribution >= 0.6 is 11.3 Å². The van der Waals surface area contributed by atoms with Crippen molar-refractivity contribution in [3.63, 3.8) is 0 Å². The molecule has 1 unspecified atom stereocenters. The van der Waals surface area contributed by atoms with Gasteiger partial charge in [-0.15, -0.1) is 11.3 Å².